The molecule has 0 spiro atoms. The zero-order valence-electron chi connectivity index (χ0n) is 8.71. The van der Waals surface area contributed by atoms with Crippen LogP contribution in [0.2, 0.25) is 0 Å². The molecular weight excluding hydrogens is 211 g/mol. The van der Waals surface area contributed by atoms with Crippen molar-refractivity contribution in [2.75, 3.05) is 0 Å². The number of hydrogen-bond donors (Lipinski definition) is 1. The van der Waals surface area contributed by atoms with Crippen molar-refractivity contribution >= 4 is 0 Å². The van der Waals surface area contributed by atoms with Crippen LogP contribution in [0.5, 0.6) is 0 Å². The maximum atomic E-state index is 13.3. The predicted molar refractivity (Wildman–Crippen MR) is 53.9 cm³/mol. The molecule has 0 aliphatic heterocycles. The lowest BCUT2D eigenvalue weighted by atomic mass is 10.1. The molecule has 16 heavy (non-hydrogen) atoms. The van der Waals surface area contributed by atoms with Gasteiger partial charge < -0.3 is 5.11 Å². The van der Waals surface area contributed by atoms with E-state index in [0.717, 1.165) is 6.20 Å². The molecule has 1 N–H and O–H groups in total. The van der Waals surface area contributed by atoms with Crippen LogP contribution in [-0.4, -0.2) is 25.1 Å². The van der Waals surface area contributed by atoms with Crippen LogP contribution < -0.4 is 0 Å². The Labute approximate surface area is 91.6 Å². The smallest absolute Gasteiger partial charge is 0.147 e. The Morgan fingerprint density at radius 2 is 2.38 bits per heavy atom. The van der Waals surface area contributed by atoms with Gasteiger partial charge in [0.2, 0.25) is 0 Å². The summed E-state index contributed by atoms with van der Waals surface area (Å²) < 4.78 is 14.8. The standard InChI is InChI=1S/C10H11FN4O/c1-15-6-7(13-14-15)4-10(16)8-2-3-12-5-9(8)11/h2-3,5-6,10,16H,4H2,1H3. The van der Waals surface area contributed by atoms with Crippen LogP contribution in [0.3, 0.4) is 0 Å². The van der Waals surface area contributed by atoms with Gasteiger partial charge in [0.15, 0.2) is 0 Å². The normalized spacial score (nSPS) is 12.7. The van der Waals surface area contributed by atoms with E-state index < -0.39 is 11.9 Å². The summed E-state index contributed by atoms with van der Waals surface area (Å²) in [5.41, 5.74) is 0.840. The van der Waals surface area contributed by atoms with Gasteiger partial charge in [-0.05, 0) is 6.07 Å². The second-order valence-corrected chi connectivity index (χ2v) is 3.50. The van der Waals surface area contributed by atoms with Gasteiger partial charge in [-0.1, -0.05) is 5.21 Å². The zero-order chi connectivity index (χ0) is 11.5. The topological polar surface area (TPSA) is 63.8 Å². The van der Waals surface area contributed by atoms with Crippen molar-refractivity contribution in [2.45, 2.75) is 12.5 Å². The van der Waals surface area contributed by atoms with Crippen LogP contribution in [-0.2, 0) is 13.5 Å². The van der Waals surface area contributed by atoms with Gasteiger partial charge in [-0.2, -0.15) is 0 Å². The Kier molecular flexibility index (Phi) is 2.91. The molecular formula is C10H11FN4O. The average Bonchev–Trinajstić information content (AvgIpc) is 2.64. The van der Waals surface area contributed by atoms with Gasteiger partial charge in [-0.3, -0.25) is 9.67 Å². The number of pyridine rings is 1. The van der Waals surface area contributed by atoms with Crippen molar-refractivity contribution in [1.82, 2.24) is 20.0 Å². The fourth-order valence-electron chi connectivity index (χ4n) is 1.45. The molecule has 5 nitrogen and oxygen atoms in total. The summed E-state index contributed by atoms with van der Waals surface area (Å²) in [5, 5.41) is 17.4. The molecule has 0 saturated carbocycles. The first-order chi connectivity index (χ1) is 7.66. The van der Waals surface area contributed by atoms with Gasteiger partial charge in [0, 0.05) is 31.4 Å². The minimum atomic E-state index is -0.931. The molecule has 2 aromatic heterocycles. The minimum Gasteiger partial charge on any atom is -0.388 e. The molecule has 0 bridgehead atoms. The highest BCUT2D eigenvalue weighted by Gasteiger charge is 2.14. The Morgan fingerprint density at radius 3 is 3.00 bits per heavy atom. The van der Waals surface area contributed by atoms with Crippen molar-refractivity contribution in [2.24, 2.45) is 7.05 Å². The van der Waals surface area contributed by atoms with Gasteiger partial charge >= 0.3 is 0 Å². The molecule has 2 heterocycles. The maximum absolute atomic E-state index is 13.3. The number of nitrogens with zero attached hydrogens (tertiary/aromatic N) is 4. The van der Waals surface area contributed by atoms with Crippen LogP contribution in [0.15, 0.2) is 24.7 Å². The maximum Gasteiger partial charge on any atom is 0.147 e. The summed E-state index contributed by atoms with van der Waals surface area (Å²) in [6.45, 7) is 0. The second kappa shape index (κ2) is 4.36. The molecule has 2 aromatic rings. The van der Waals surface area contributed by atoms with Gasteiger partial charge in [-0.25, -0.2) is 4.39 Å². The van der Waals surface area contributed by atoms with E-state index in [-0.39, 0.29) is 12.0 Å². The summed E-state index contributed by atoms with van der Waals surface area (Å²) in [6.07, 6.45) is 3.50. The van der Waals surface area contributed by atoms with Crippen molar-refractivity contribution < 1.29 is 9.50 Å². The van der Waals surface area contributed by atoms with Crippen LogP contribution in [0, 0.1) is 5.82 Å². The third-order valence-electron chi connectivity index (χ3n) is 2.22. The molecule has 0 aliphatic rings. The summed E-state index contributed by atoms with van der Waals surface area (Å²) >= 11 is 0. The average molecular weight is 222 g/mol. The van der Waals surface area contributed by atoms with E-state index >= 15 is 0 Å². The van der Waals surface area contributed by atoms with Crippen LogP contribution in [0.25, 0.3) is 0 Å². The molecule has 0 aromatic carbocycles. The predicted octanol–water partition coefficient (Wildman–Crippen LogP) is 0.625. The van der Waals surface area contributed by atoms with Gasteiger partial charge in [-0.15, -0.1) is 5.10 Å². The van der Waals surface area contributed by atoms with Crippen molar-refractivity contribution in [3.8, 4) is 0 Å². The van der Waals surface area contributed by atoms with Gasteiger partial charge in [0.25, 0.3) is 0 Å². The van der Waals surface area contributed by atoms with E-state index in [4.69, 9.17) is 0 Å². The SMILES string of the molecule is Cn1cc(CC(O)c2ccncc2F)nn1. The highest BCUT2D eigenvalue weighted by Crippen LogP contribution is 2.18. The van der Waals surface area contributed by atoms with E-state index in [1.165, 1.54) is 16.9 Å². The van der Waals surface area contributed by atoms with Crippen molar-refractivity contribution in [3.63, 3.8) is 0 Å². The first-order valence-corrected chi connectivity index (χ1v) is 4.79. The Morgan fingerprint density at radius 1 is 1.56 bits per heavy atom. The molecule has 0 radical (unpaired) electrons. The fourth-order valence-corrected chi connectivity index (χ4v) is 1.45. The lowest BCUT2D eigenvalue weighted by Crippen LogP contribution is -2.05. The largest absolute Gasteiger partial charge is 0.388 e. The number of halogens is 1. The monoisotopic (exact) mass is 222 g/mol. The highest BCUT2D eigenvalue weighted by atomic mass is 19.1. The van der Waals surface area contributed by atoms with E-state index in [2.05, 4.69) is 15.3 Å². The Hall–Kier alpha value is -1.82. The molecule has 6 heteroatoms. The van der Waals surface area contributed by atoms with Gasteiger partial charge in [0.05, 0.1) is 18.0 Å². The minimum absolute atomic E-state index is 0.223. The molecule has 84 valence electrons. The van der Waals surface area contributed by atoms with Crippen LogP contribution >= 0.6 is 0 Å². The number of aromatic nitrogens is 4. The Balaban J connectivity index is 2.14. The quantitative estimate of drug-likeness (QED) is 0.827. The Bertz CT molecular complexity index is 485. The number of aliphatic hydroxyl groups is 1. The lowest BCUT2D eigenvalue weighted by molar-refractivity contribution is 0.172. The van der Waals surface area contributed by atoms with Crippen molar-refractivity contribution in [3.05, 3.63) is 41.7 Å². The molecule has 1 atom stereocenters. The summed E-state index contributed by atoms with van der Waals surface area (Å²) in [6, 6.07) is 1.45. The summed E-state index contributed by atoms with van der Waals surface area (Å²) in [7, 11) is 1.73. The molecule has 0 aliphatic carbocycles. The molecule has 0 saturated heterocycles. The van der Waals surface area contributed by atoms with E-state index in [9.17, 15) is 9.50 Å². The van der Waals surface area contributed by atoms with E-state index in [1.54, 1.807) is 13.2 Å². The second-order valence-electron chi connectivity index (χ2n) is 3.50. The first kappa shape index (κ1) is 10.7. The molecule has 0 amide bonds. The zero-order valence-corrected chi connectivity index (χ0v) is 8.71. The number of hydrogen-bond acceptors (Lipinski definition) is 4. The third-order valence-corrected chi connectivity index (χ3v) is 2.22. The molecule has 0 fully saturated rings. The third kappa shape index (κ3) is 2.22. The van der Waals surface area contributed by atoms with Gasteiger partial charge in [0.1, 0.15) is 5.82 Å². The number of aryl methyl sites for hydroxylation is 1. The number of aliphatic hydroxyl groups excluding tert-OH is 1. The van der Waals surface area contributed by atoms with Crippen LogP contribution in [0.1, 0.15) is 17.4 Å². The molecule has 2 rings (SSSR count). The number of rotatable bonds is 3. The van der Waals surface area contributed by atoms with Crippen molar-refractivity contribution in [1.29, 1.82) is 0 Å². The first-order valence-electron chi connectivity index (χ1n) is 4.79. The fraction of sp³-hybridized carbons (Fsp3) is 0.300. The van der Waals surface area contributed by atoms with E-state index in [1.807, 2.05) is 0 Å². The van der Waals surface area contributed by atoms with Crippen LogP contribution in [0.4, 0.5) is 4.39 Å². The lowest BCUT2D eigenvalue weighted by Gasteiger charge is -2.09. The molecule has 1 unspecified atom stereocenters. The van der Waals surface area contributed by atoms with E-state index in [0.29, 0.717) is 5.69 Å². The highest BCUT2D eigenvalue weighted by molar-refractivity contribution is 5.17. The summed E-state index contributed by atoms with van der Waals surface area (Å²) in [4.78, 5) is 3.62. The summed E-state index contributed by atoms with van der Waals surface area (Å²) in [5.74, 6) is -0.515.